The molecule has 1 aliphatic heterocycles. The number of hydrogen-bond donors (Lipinski definition) is 2. The van der Waals surface area contributed by atoms with Crippen molar-refractivity contribution in [2.75, 3.05) is 11.5 Å². The summed E-state index contributed by atoms with van der Waals surface area (Å²) >= 11 is 0. The second-order valence-electron chi connectivity index (χ2n) is 3.24. The molecule has 0 aromatic rings. The molecule has 76 valence electrons. The third-order valence-corrected chi connectivity index (χ3v) is 3.96. The van der Waals surface area contributed by atoms with Gasteiger partial charge in [-0.2, -0.15) is 0 Å². The van der Waals surface area contributed by atoms with Crippen LogP contribution in [0.25, 0.3) is 0 Å². The third-order valence-electron chi connectivity index (χ3n) is 2.25. The molecule has 0 bridgehead atoms. The highest BCUT2D eigenvalue weighted by Gasteiger charge is 2.32. The van der Waals surface area contributed by atoms with Crippen LogP contribution < -0.4 is 0 Å². The van der Waals surface area contributed by atoms with Crippen molar-refractivity contribution < 1.29 is 23.4 Å². The van der Waals surface area contributed by atoms with Gasteiger partial charge in [-0.3, -0.25) is 4.79 Å². The lowest BCUT2D eigenvalue weighted by atomic mass is 9.98. The highest BCUT2D eigenvalue weighted by Crippen LogP contribution is 2.19. The minimum atomic E-state index is -3.14. The van der Waals surface area contributed by atoms with Gasteiger partial charge in [-0.05, 0) is 12.8 Å². The fraction of sp³-hybridized carbons (Fsp3) is 0.857. The lowest BCUT2D eigenvalue weighted by Crippen LogP contribution is -2.27. The Kier molecular flexibility index (Phi) is 2.92. The number of hydrogen-bond acceptors (Lipinski definition) is 4. The van der Waals surface area contributed by atoms with E-state index in [0.717, 1.165) is 0 Å². The van der Waals surface area contributed by atoms with Gasteiger partial charge in [0.05, 0.1) is 23.5 Å². The van der Waals surface area contributed by atoms with Gasteiger partial charge in [0.15, 0.2) is 0 Å². The van der Waals surface area contributed by atoms with Crippen LogP contribution in [0.4, 0.5) is 0 Å². The zero-order chi connectivity index (χ0) is 10.1. The molecule has 0 spiro atoms. The molecule has 6 heteroatoms. The van der Waals surface area contributed by atoms with Crippen LogP contribution in [-0.2, 0) is 14.6 Å². The van der Waals surface area contributed by atoms with Gasteiger partial charge in [-0.1, -0.05) is 0 Å². The lowest BCUT2D eigenvalue weighted by molar-refractivity contribution is -0.145. The molecule has 0 amide bonds. The van der Waals surface area contributed by atoms with Crippen molar-refractivity contribution in [1.82, 2.24) is 0 Å². The zero-order valence-electron chi connectivity index (χ0n) is 7.01. The van der Waals surface area contributed by atoms with Crippen LogP contribution in [0, 0.1) is 5.92 Å². The molecular formula is C7H12O5S. The average molecular weight is 208 g/mol. The number of carboxylic acid groups (broad SMARTS) is 1. The summed E-state index contributed by atoms with van der Waals surface area (Å²) in [4.78, 5) is 10.6. The first-order valence-electron chi connectivity index (χ1n) is 4.04. The van der Waals surface area contributed by atoms with Crippen LogP contribution in [0.15, 0.2) is 0 Å². The van der Waals surface area contributed by atoms with E-state index in [0.29, 0.717) is 0 Å². The van der Waals surface area contributed by atoms with Gasteiger partial charge < -0.3 is 10.2 Å². The van der Waals surface area contributed by atoms with Crippen molar-refractivity contribution >= 4 is 15.8 Å². The van der Waals surface area contributed by atoms with Crippen LogP contribution in [-0.4, -0.2) is 42.2 Å². The zero-order valence-corrected chi connectivity index (χ0v) is 7.83. The summed E-state index contributed by atoms with van der Waals surface area (Å²) in [5.74, 6) is -2.30. The quantitative estimate of drug-likeness (QED) is 0.592. The van der Waals surface area contributed by atoms with E-state index in [4.69, 9.17) is 5.11 Å². The molecule has 1 aliphatic rings. The maximum absolute atomic E-state index is 11.1. The normalized spacial score (nSPS) is 33.6. The van der Waals surface area contributed by atoms with E-state index in [1.54, 1.807) is 0 Å². The number of aliphatic carboxylic acids is 1. The van der Waals surface area contributed by atoms with E-state index in [2.05, 4.69) is 0 Å². The van der Waals surface area contributed by atoms with Gasteiger partial charge in [0, 0.05) is 0 Å². The average Bonchev–Trinajstić information content (AvgIpc) is 2.11. The van der Waals surface area contributed by atoms with Crippen LogP contribution in [0.5, 0.6) is 0 Å². The first kappa shape index (κ1) is 10.5. The number of aliphatic hydroxyl groups is 1. The molecule has 0 aromatic carbocycles. The number of carboxylic acids is 1. The molecule has 1 fully saturated rings. The third kappa shape index (κ3) is 2.67. The smallest absolute Gasteiger partial charge is 0.309 e. The summed E-state index contributed by atoms with van der Waals surface area (Å²) in [5.41, 5.74) is 0. The second-order valence-corrected chi connectivity index (χ2v) is 5.54. The summed E-state index contributed by atoms with van der Waals surface area (Å²) in [6.07, 6.45) is -0.993. The standard InChI is InChI=1S/C7H12O5S/c8-6-2-4-13(11,12)3-1-5(6)7(9)10/h5-6,8H,1-4H2,(H,9,10)/t5-,6+/m0/s1. The van der Waals surface area contributed by atoms with Crippen molar-refractivity contribution in [3.05, 3.63) is 0 Å². The molecule has 5 nitrogen and oxygen atoms in total. The Bertz CT molecular complexity index is 294. The Balaban J connectivity index is 2.76. The van der Waals surface area contributed by atoms with Gasteiger partial charge in [0.2, 0.25) is 0 Å². The Morgan fingerprint density at radius 3 is 2.31 bits per heavy atom. The van der Waals surface area contributed by atoms with E-state index in [1.165, 1.54) is 0 Å². The molecular weight excluding hydrogens is 196 g/mol. The summed E-state index contributed by atoms with van der Waals surface area (Å²) in [7, 11) is -3.14. The van der Waals surface area contributed by atoms with Crippen LogP contribution >= 0.6 is 0 Å². The van der Waals surface area contributed by atoms with Crippen LogP contribution in [0.3, 0.4) is 0 Å². The van der Waals surface area contributed by atoms with E-state index >= 15 is 0 Å². The first-order valence-corrected chi connectivity index (χ1v) is 5.86. The molecule has 0 radical (unpaired) electrons. The van der Waals surface area contributed by atoms with Crippen LogP contribution in [0.2, 0.25) is 0 Å². The van der Waals surface area contributed by atoms with Crippen molar-refractivity contribution in [2.45, 2.75) is 18.9 Å². The van der Waals surface area contributed by atoms with E-state index in [9.17, 15) is 18.3 Å². The molecule has 2 N–H and O–H groups in total. The molecule has 0 aromatic heterocycles. The molecule has 0 saturated carbocycles. The van der Waals surface area contributed by atoms with Gasteiger partial charge in [-0.15, -0.1) is 0 Å². The summed E-state index contributed by atoms with van der Waals surface area (Å²) in [6, 6.07) is 0. The van der Waals surface area contributed by atoms with E-state index < -0.39 is 27.8 Å². The van der Waals surface area contributed by atoms with Crippen molar-refractivity contribution in [3.63, 3.8) is 0 Å². The van der Waals surface area contributed by atoms with Gasteiger partial charge >= 0.3 is 5.97 Å². The summed E-state index contributed by atoms with van der Waals surface area (Å²) in [6.45, 7) is 0. The van der Waals surface area contributed by atoms with E-state index in [-0.39, 0.29) is 24.3 Å². The van der Waals surface area contributed by atoms with Crippen LogP contribution in [0.1, 0.15) is 12.8 Å². The Morgan fingerprint density at radius 1 is 1.23 bits per heavy atom. The molecule has 0 aliphatic carbocycles. The molecule has 2 atom stereocenters. The summed E-state index contributed by atoms with van der Waals surface area (Å²) in [5, 5.41) is 18.0. The number of carbonyl (C=O) groups is 1. The Hall–Kier alpha value is -0.620. The first-order chi connectivity index (χ1) is 5.92. The SMILES string of the molecule is O=C(O)[C@H]1CCS(=O)(=O)CC[C@H]1O. The van der Waals surface area contributed by atoms with E-state index in [1.807, 2.05) is 0 Å². The molecule has 1 saturated heterocycles. The highest BCUT2D eigenvalue weighted by atomic mass is 32.2. The molecule has 13 heavy (non-hydrogen) atoms. The lowest BCUT2D eigenvalue weighted by Gasteiger charge is -2.13. The van der Waals surface area contributed by atoms with Crippen molar-refractivity contribution in [1.29, 1.82) is 0 Å². The Morgan fingerprint density at radius 2 is 1.77 bits per heavy atom. The van der Waals surface area contributed by atoms with Gasteiger partial charge in [0.25, 0.3) is 0 Å². The largest absolute Gasteiger partial charge is 0.481 e. The van der Waals surface area contributed by atoms with Crippen molar-refractivity contribution in [2.24, 2.45) is 5.92 Å². The highest BCUT2D eigenvalue weighted by molar-refractivity contribution is 7.91. The molecule has 1 heterocycles. The second kappa shape index (κ2) is 3.63. The number of rotatable bonds is 1. The van der Waals surface area contributed by atoms with Gasteiger partial charge in [-0.25, -0.2) is 8.42 Å². The summed E-state index contributed by atoms with van der Waals surface area (Å²) < 4.78 is 22.2. The predicted octanol–water partition coefficient (Wildman–Crippen LogP) is -0.743. The molecule has 0 unspecified atom stereocenters. The fourth-order valence-electron chi connectivity index (χ4n) is 1.39. The Labute approximate surface area is 76.3 Å². The number of aliphatic hydroxyl groups excluding tert-OH is 1. The minimum Gasteiger partial charge on any atom is -0.481 e. The maximum atomic E-state index is 11.1. The minimum absolute atomic E-state index is 0.0127. The van der Waals surface area contributed by atoms with Gasteiger partial charge in [0.1, 0.15) is 9.84 Å². The predicted molar refractivity (Wildman–Crippen MR) is 45.0 cm³/mol. The fourth-order valence-corrected chi connectivity index (χ4v) is 2.81. The molecule has 1 rings (SSSR count). The number of sulfone groups is 1. The topological polar surface area (TPSA) is 91.7 Å². The maximum Gasteiger partial charge on any atom is 0.309 e. The van der Waals surface area contributed by atoms with Crippen molar-refractivity contribution in [3.8, 4) is 0 Å². The monoisotopic (exact) mass is 208 g/mol.